The molecular formula is C11H20FN5. The number of hydrogen-bond donors (Lipinski definition) is 3. The van der Waals surface area contributed by atoms with Gasteiger partial charge < -0.3 is 5.32 Å². The number of nitrogens with one attached hydrogen (secondary N) is 2. The Morgan fingerprint density at radius 2 is 2.12 bits per heavy atom. The topological polar surface area (TPSA) is 75.9 Å². The third kappa shape index (κ3) is 3.52. The summed E-state index contributed by atoms with van der Waals surface area (Å²) in [5.41, 5.74) is 2.33. The lowest BCUT2D eigenvalue weighted by atomic mass is 9.81. The molecule has 6 heteroatoms. The van der Waals surface area contributed by atoms with Crippen molar-refractivity contribution in [3.63, 3.8) is 0 Å². The number of anilines is 2. The van der Waals surface area contributed by atoms with Gasteiger partial charge in [0.1, 0.15) is 0 Å². The molecule has 0 unspecified atom stereocenters. The minimum Gasteiger partial charge on any atom is -0.367 e. The Morgan fingerprint density at radius 1 is 1.47 bits per heavy atom. The van der Waals surface area contributed by atoms with Crippen LogP contribution in [0.3, 0.4) is 0 Å². The van der Waals surface area contributed by atoms with Crippen molar-refractivity contribution in [3.8, 4) is 0 Å². The average Bonchev–Trinajstić information content (AvgIpc) is 2.28. The number of rotatable bonds is 5. The lowest BCUT2D eigenvalue weighted by Crippen LogP contribution is -2.29. The molecule has 1 aromatic rings. The molecule has 96 valence electrons. The predicted octanol–water partition coefficient (Wildman–Crippen LogP) is 2.00. The van der Waals surface area contributed by atoms with E-state index in [-0.39, 0.29) is 17.2 Å². The number of hydrazine groups is 1. The maximum atomic E-state index is 13.4. The summed E-state index contributed by atoms with van der Waals surface area (Å²) in [6.45, 7) is 9.12. The number of nitrogens with two attached hydrogens (primary N) is 1. The van der Waals surface area contributed by atoms with E-state index in [0.29, 0.717) is 12.5 Å². The molecule has 0 saturated carbocycles. The largest absolute Gasteiger partial charge is 0.367 e. The molecule has 0 saturated heterocycles. The zero-order valence-electron chi connectivity index (χ0n) is 10.7. The maximum Gasteiger partial charge on any atom is 0.239 e. The molecule has 0 bridgehead atoms. The second-order valence-corrected chi connectivity index (χ2v) is 5.03. The molecule has 0 spiro atoms. The van der Waals surface area contributed by atoms with E-state index in [4.69, 9.17) is 5.84 Å². The molecule has 1 rings (SSSR count). The molecule has 1 heterocycles. The standard InChI is InChI=1S/C11H20FN5/c1-7(2)11(3,4)6-15-9-8(12)5-14-10(16-9)17-13/h5,7H,6,13H2,1-4H3,(H2,14,15,16,17). The molecule has 0 radical (unpaired) electrons. The Kier molecular flexibility index (Phi) is 4.22. The zero-order valence-corrected chi connectivity index (χ0v) is 10.7. The summed E-state index contributed by atoms with van der Waals surface area (Å²) in [6.07, 6.45) is 1.09. The highest BCUT2D eigenvalue weighted by atomic mass is 19.1. The van der Waals surface area contributed by atoms with Crippen LogP contribution >= 0.6 is 0 Å². The van der Waals surface area contributed by atoms with Crippen LogP contribution in [0.25, 0.3) is 0 Å². The van der Waals surface area contributed by atoms with Gasteiger partial charge in [0.15, 0.2) is 11.6 Å². The lowest BCUT2D eigenvalue weighted by molar-refractivity contribution is 0.269. The first kappa shape index (κ1) is 13.6. The fraction of sp³-hybridized carbons (Fsp3) is 0.636. The first-order valence-corrected chi connectivity index (χ1v) is 5.60. The van der Waals surface area contributed by atoms with Gasteiger partial charge in [-0.1, -0.05) is 27.7 Å². The molecule has 0 aliphatic carbocycles. The van der Waals surface area contributed by atoms with Crippen molar-refractivity contribution in [3.05, 3.63) is 12.0 Å². The van der Waals surface area contributed by atoms with Gasteiger partial charge in [-0.3, -0.25) is 5.43 Å². The van der Waals surface area contributed by atoms with Crippen molar-refractivity contribution in [1.29, 1.82) is 0 Å². The maximum absolute atomic E-state index is 13.4. The number of nitrogens with zero attached hydrogens (tertiary/aromatic N) is 2. The van der Waals surface area contributed by atoms with Gasteiger partial charge in [0.05, 0.1) is 6.20 Å². The van der Waals surface area contributed by atoms with Crippen molar-refractivity contribution < 1.29 is 4.39 Å². The Bertz CT molecular complexity index is 378. The van der Waals surface area contributed by atoms with Gasteiger partial charge in [-0.25, -0.2) is 15.2 Å². The summed E-state index contributed by atoms with van der Waals surface area (Å²) in [6, 6.07) is 0. The van der Waals surface area contributed by atoms with Gasteiger partial charge in [0, 0.05) is 6.54 Å². The first-order valence-electron chi connectivity index (χ1n) is 5.60. The molecule has 0 amide bonds. The van der Waals surface area contributed by atoms with Crippen LogP contribution in [0.5, 0.6) is 0 Å². The summed E-state index contributed by atoms with van der Waals surface area (Å²) < 4.78 is 13.4. The molecule has 5 nitrogen and oxygen atoms in total. The monoisotopic (exact) mass is 241 g/mol. The normalized spacial score (nSPS) is 11.7. The van der Waals surface area contributed by atoms with E-state index in [9.17, 15) is 4.39 Å². The molecule has 0 fully saturated rings. The lowest BCUT2D eigenvalue weighted by Gasteiger charge is -2.29. The second-order valence-electron chi connectivity index (χ2n) is 5.03. The number of halogens is 1. The van der Waals surface area contributed by atoms with E-state index in [1.54, 1.807) is 0 Å². The minimum atomic E-state index is -0.483. The summed E-state index contributed by atoms with van der Waals surface area (Å²) >= 11 is 0. The highest BCUT2D eigenvalue weighted by molar-refractivity contribution is 5.40. The van der Waals surface area contributed by atoms with Crippen molar-refractivity contribution in [1.82, 2.24) is 9.97 Å². The van der Waals surface area contributed by atoms with E-state index < -0.39 is 5.82 Å². The third-order valence-corrected chi connectivity index (χ3v) is 3.15. The Hall–Kier alpha value is -1.43. The van der Waals surface area contributed by atoms with Gasteiger partial charge in [-0.05, 0) is 11.3 Å². The smallest absolute Gasteiger partial charge is 0.239 e. The van der Waals surface area contributed by atoms with Crippen LogP contribution in [0.4, 0.5) is 16.2 Å². The van der Waals surface area contributed by atoms with E-state index in [1.807, 2.05) is 0 Å². The van der Waals surface area contributed by atoms with Crippen molar-refractivity contribution in [2.24, 2.45) is 17.2 Å². The molecular weight excluding hydrogens is 221 g/mol. The molecule has 0 atom stereocenters. The fourth-order valence-corrected chi connectivity index (χ4v) is 1.08. The molecule has 0 aliphatic heterocycles. The van der Waals surface area contributed by atoms with E-state index in [1.165, 1.54) is 0 Å². The Balaban J connectivity index is 2.75. The summed E-state index contributed by atoms with van der Waals surface area (Å²) in [5, 5.41) is 2.99. The van der Waals surface area contributed by atoms with E-state index in [0.717, 1.165) is 6.20 Å². The molecule has 17 heavy (non-hydrogen) atoms. The number of hydrogen-bond acceptors (Lipinski definition) is 5. The minimum absolute atomic E-state index is 0.0493. The van der Waals surface area contributed by atoms with Gasteiger partial charge in [0.25, 0.3) is 0 Å². The van der Waals surface area contributed by atoms with E-state index >= 15 is 0 Å². The number of nitrogen functional groups attached to an aromatic ring is 1. The van der Waals surface area contributed by atoms with Gasteiger partial charge in [-0.15, -0.1) is 0 Å². The summed E-state index contributed by atoms with van der Waals surface area (Å²) in [7, 11) is 0. The van der Waals surface area contributed by atoms with Gasteiger partial charge in [-0.2, -0.15) is 4.98 Å². The van der Waals surface area contributed by atoms with Crippen LogP contribution in [0.15, 0.2) is 6.20 Å². The van der Waals surface area contributed by atoms with Crippen LogP contribution in [0.1, 0.15) is 27.7 Å². The van der Waals surface area contributed by atoms with Crippen molar-refractivity contribution in [2.45, 2.75) is 27.7 Å². The fourth-order valence-electron chi connectivity index (χ4n) is 1.08. The van der Waals surface area contributed by atoms with Gasteiger partial charge >= 0.3 is 0 Å². The molecule has 4 N–H and O–H groups in total. The highest BCUT2D eigenvalue weighted by Crippen LogP contribution is 2.26. The first-order chi connectivity index (χ1) is 7.86. The Labute approximate surface area is 101 Å². The quantitative estimate of drug-likeness (QED) is 0.543. The van der Waals surface area contributed by atoms with Crippen molar-refractivity contribution in [2.75, 3.05) is 17.3 Å². The summed E-state index contributed by atoms with van der Waals surface area (Å²) in [4.78, 5) is 7.59. The zero-order chi connectivity index (χ0) is 13.1. The number of aromatic nitrogens is 2. The van der Waals surface area contributed by atoms with Crippen LogP contribution in [0.2, 0.25) is 0 Å². The molecule has 0 aliphatic rings. The summed E-state index contributed by atoms with van der Waals surface area (Å²) in [5.74, 6) is 5.53. The highest BCUT2D eigenvalue weighted by Gasteiger charge is 2.22. The van der Waals surface area contributed by atoms with Crippen LogP contribution in [-0.2, 0) is 0 Å². The molecule has 0 aromatic carbocycles. The predicted molar refractivity (Wildman–Crippen MR) is 66.9 cm³/mol. The Morgan fingerprint density at radius 3 is 2.65 bits per heavy atom. The second kappa shape index (κ2) is 5.27. The van der Waals surface area contributed by atoms with Crippen LogP contribution < -0.4 is 16.6 Å². The average molecular weight is 241 g/mol. The van der Waals surface area contributed by atoms with E-state index in [2.05, 4.69) is 48.4 Å². The van der Waals surface area contributed by atoms with Crippen LogP contribution in [0, 0.1) is 17.2 Å². The van der Waals surface area contributed by atoms with Crippen molar-refractivity contribution >= 4 is 11.8 Å². The van der Waals surface area contributed by atoms with Gasteiger partial charge in [0.2, 0.25) is 5.95 Å². The van der Waals surface area contributed by atoms with Crippen LogP contribution in [-0.4, -0.2) is 16.5 Å². The third-order valence-electron chi connectivity index (χ3n) is 3.15. The SMILES string of the molecule is CC(C)C(C)(C)CNc1nc(NN)ncc1F. The molecule has 1 aromatic heterocycles.